The third kappa shape index (κ3) is 6.69. The van der Waals surface area contributed by atoms with Crippen LogP contribution in [0, 0.1) is 17.1 Å². The number of amides is 2. The quantitative estimate of drug-likeness (QED) is 0.459. The van der Waals surface area contributed by atoms with Crippen LogP contribution in [0.1, 0.15) is 84.6 Å². The minimum atomic E-state index is -0.670. The van der Waals surface area contributed by atoms with E-state index in [1.165, 1.54) is 12.1 Å². The normalized spacial score (nSPS) is 25.2. The van der Waals surface area contributed by atoms with Crippen LogP contribution in [0.15, 0.2) is 36.5 Å². The third-order valence-corrected chi connectivity index (χ3v) is 8.92. The zero-order chi connectivity index (χ0) is 29.9. The Morgan fingerprint density at radius 1 is 1.24 bits per heavy atom. The third-order valence-electron chi connectivity index (χ3n) is 8.92. The molecule has 3 aliphatic rings. The van der Waals surface area contributed by atoms with E-state index in [-0.39, 0.29) is 29.8 Å². The molecule has 0 radical (unpaired) electrons. The van der Waals surface area contributed by atoms with Crippen LogP contribution in [0.2, 0.25) is 0 Å². The number of nitrogens with one attached hydrogen (secondary N) is 1. The summed E-state index contributed by atoms with van der Waals surface area (Å²) in [6.45, 7) is 12.9. The van der Waals surface area contributed by atoms with Crippen molar-refractivity contribution < 1.29 is 18.7 Å². The number of rotatable bonds is 8. The molecule has 1 N–H and O–H groups in total. The minimum Gasteiger partial charge on any atom is -0.444 e. The van der Waals surface area contributed by atoms with E-state index in [4.69, 9.17) is 4.74 Å². The molecule has 4 rings (SSSR count). The summed E-state index contributed by atoms with van der Waals surface area (Å²) < 4.78 is 19.4. The monoisotopic (exact) mass is 567 g/mol. The van der Waals surface area contributed by atoms with Crippen LogP contribution in [0.25, 0.3) is 0 Å². The maximum absolute atomic E-state index is 14.2. The van der Waals surface area contributed by atoms with Crippen LogP contribution in [-0.2, 0) is 15.1 Å². The van der Waals surface area contributed by atoms with E-state index in [0.29, 0.717) is 25.2 Å². The van der Waals surface area contributed by atoms with Gasteiger partial charge in [0.25, 0.3) is 0 Å². The highest BCUT2D eigenvalue weighted by Gasteiger charge is 2.51. The predicted octanol–water partition coefficient (Wildman–Crippen LogP) is 5.30. The highest BCUT2D eigenvalue weighted by Crippen LogP contribution is 2.46. The summed E-state index contributed by atoms with van der Waals surface area (Å²) in [4.78, 5) is 33.1. The number of carbonyl (C=O) groups is 2. The fourth-order valence-electron chi connectivity index (χ4n) is 7.02. The Bertz CT molecular complexity index is 1150. The van der Waals surface area contributed by atoms with Gasteiger partial charge in [-0.3, -0.25) is 9.69 Å². The molecule has 3 unspecified atom stereocenters. The highest BCUT2D eigenvalue weighted by molar-refractivity contribution is 5.85. The summed E-state index contributed by atoms with van der Waals surface area (Å²) in [6, 6.07) is 7.80. The van der Waals surface area contributed by atoms with Gasteiger partial charge in [0, 0.05) is 24.8 Å². The number of nitrogens with zero attached hydrogens (tertiary/aromatic N) is 4. The number of likely N-dealkylation sites (tertiary alicyclic amines) is 2. The van der Waals surface area contributed by atoms with Gasteiger partial charge in [-0.2, -0.15) is 5.26 Å². The molecule has 1 aromatic rings. The summed E-state index contributed by atoms with van der Waals surface area (Å²) in [5.41, 5.74) is 0.524. The maximum Gasteiger partial charge on any atom is 0.408 e. The Kier molecular flexibility index (Phi) is 9.32. The van der Waals surface area contributed by atoms with Crippen LogP contribution in [0.3, 0.4) is 0 Å². The number of nitriles is 1. The van der Waals surface area contributed by atoms with Crippen LogP contribution < -0.4 is 5.32 Å². The van der Waals surface area contributed by atoms with Crippen molar-refractivity contribution in [2.24, 2.45) is 0 Å². The van der Waals surface area contributed by atoms with Gasteiger partial charge in [0.05, 0.1) is 23.7 Å². The van der Waals surface area contributed by atoms with Crippen molar-refractivity contribution in [3.05, 3.63) is 47.9 Å². The average molecular weight is 568 g/mol. The van der Waals surface area contributed by atoms with Crippen LogP contribution >= 0.6 is 0 Å². The van der Waals surface area contributed by atoms with E-state index in [1.807, 2.05) is 49.8 Å². The van der Waals surface area contributed by atoms with Gasteiger partial charge in [0.2, 0.25) is 5.91 Å². The Balaban J connectivity index is 1.57. The van der Waals surface area contributed by atoms with E-state index in [2.05, 4.69) is 29.8 Å². The molecule has 0 aromatic heterocycles. The number of alkyl carbamates (subject to hydrolysis) is 1. The minimum absolute atomic E-state index is 0.000112. The van der Waals surface area contributed by atoms with E-state index >= 15 is 0 Å². The molecule has 1 aliphatic carbocycles. The average Bonchev–Trinajstić information content (AvgIpc) is 3.51. The molecule has 0 bridgehead atoms. The molecule has 3 fully saturated rings. The second-order valence-corrected chi connectivity index (χ2v) is 13.0. The van der Waals surface area contributed by atoms with Crippen molar-refractivity contribution in [3.8, 4) is 6.07 Å². The van der Waals surface area contributed by atoms with Crippen molar-refractivity contribution in [2.45, 2.75) is 114 Å². The first-order valence-electron chi connectivity index (χ1n) is 15.0. The number of benzene rings is 1. The lowest BCUT2D eigenvalue weighted by Crippen LogP contribution is -2.55. The fraction of sp³-hybridized carbons (Fsp3) is 0.656. The molecule has 2 saturated heterocycles. The van der Waals surface area contributed by atoms with Gasteiger partial charge >= 0.3 is 6.09 Å². The summed E-state index contributed by atoms with van der Waals surface area (Å²) in [7, 11) is 1.91. The summed E-state index contributed by atoms with van der Waals surface area (Å²) in [6.07, 6.45) is 6.60. The topological polar surface area (TPSA) is 88.9 Å². The smallest absolute Gasteiger partial charge is 0.408 e. The zero-order valence-electron chi connectivity index (χ0n) is 25.3. The van der Waals surface area contributed by atoms with E-state index in [0.717, 1.165) is 50.5 Å². The summed E-state index contributed by atoms with van der Waals surface area (Å²) in [5, 5.41) is 12.7. The Hall–Kier alpha value is -3.12. The molecule has 41 heavy (non-hydrogen) atoms. The van der Waals surface area contributed by atoms with Gasteiger partial charge in [0.15, 0.2) is 0 Å². The van der Waals surface area contributed by atoms with Crippen molar-refractivity contribution in [1.29, 1.82) is 5.26 Å². The maximum atomic E-state index is 14.2. The molecule has 9 heteroatoms. The van der Waals surface area contributed by atoms with Crippen molar-refractivity contribution >= 4 is 12.0 Å². The number of hydrogen-bond acceptors (Lipinski definition) is 6. The molecule has 8 nitrogen and oxygen atoms in total. The fourth-order valence-corrected chi connectivity index (χ4v) is 7.02. The second kappa shape index (κ2) is 12.4. The van der Waals surface area contributed by atoms with Gasteiger partial charge in [-0.25, -0.2) is 9.18 Å². The standard InChI is InChI=1S/C32H46FN5O3/c1-22-19-28(29(39)38(22)32(16-8-7-9-17-32)24-12-14-25(33)15-13-24)36(6)21-27(35-30(40)41-31(3,4)5)23(2)37-18-10-11-26(37)20-34/h12-15,22,26-28H,2,7-11,16-19,21H2,1,3-6H3,(H,35,40)/t22?,26?,27-,28?/m0/s1. The van der Waals surface area contributed by atoms with Crippen molar-refractivity contribution in [3.63, 3.8) is 0 Å². The molecule has 2 amide bonds. The molecule has 224 valence electrons. The molecule has 4 atom stereocenters. The molecule has 0 spiro atoms. The van der Waals surface area contributed by atoms with Gasteiger partial charge in [0.1, 0.15) is 17.5 Å². The number of ether oxygens (including phenoxy) is 1. The Morgan fingerprint density at radius 2 is 1.90 bits per heavy atom. The first-order chi connectivity index (χ1) is 19.4. The number of likely N-dealkylation sites (N-methyl/N-ethyl adjacent to an activating group) is 1. The molecule has 2 aliphatic heterocycles. The number of hydrogen-bond donors (Lipinski definition) is 1. The van der Waals surface area contributed by atoms with E-state index in [1.54, 1.807) is 0 Å². The van der Waals surface area contributed by atoms with Crippen LogP contribution in [0.4, 0.5) is 9.18 Å². The van der Waals surface area contributed by atoms with Crippen molar-refractivity contribution in [2.75, 3.05) is 20.1 Å². The van der Waals surface area contributed by atoms with E-state index < -0.39 is 23.3 Å². The lowest BCUT2D eigenvalue weighted by molar-refractivity contribution is -0.141. The number of carbonyl (C=O) groups excluding carboxylic acids is 2. The van der Waals surface area contributed by atoms with Crippen LogP contribution in [0.5, 0.6) is 0 Å². The first kappa shape index (κ1) is 30.8. The van der Waals surface area contributed by atoms with Crippen molar-refractivity contribution in [1.82, 2.24) is 20.0 Å². The van der Waals surface area contributed by atoms with Crippen LogP contribution in [-0.4, -0.2) is 76.6 Å². The largest absolute Gasteiger partial charge is 0.444 e. The molecule has 2 heterocycles. The summed E-state index contributed by atoms with van der Waals surface area (Å²) >= 11 is 0. The molecular weight excluding hydrogens is 521 g/mol. The van der Waals surface area contributed by atoms with Gasteiger partial charge < -0.3 is 19.9 Å². The Morgan fingerprint density at radius 3 is 2.51 bits per heavy atom. The van der Waals surface area contributed by atoms with E-state index in [9.17, 15) is 19.2 Å². The summed E-state index contributed by atoms with van der Waals surface area (Å²) in [5.74, 6) is -0.220. The Labute approximate surface area is 244 Å². The molecule has 1 aromatic carbocycles. The SMILES string of the molecule is C=C([C@H](CN(C)C1CC(C)N(C2(c3ccc(F)cc3)CCCCC2)C1=O)NC(=O)OC(C)(C)C)N1CCCC1C#N. The van der Waals surface area contributed by atoms with Gasteiger partial charge in [-0.1, -0.05) is 38.0 Å². The lowest BCUT2D eigenvalue weighted by Gasteiger charge is -2.47. The predicted molar refractivity (Wildman–Crippen MR) is 156 cm³/mol. The van der Waals surface area contributed by atoms with Gasteiger partial charge in [-0.15, -0.1) is 0 Å². The lowest BCUT2D eigenvalue weighted by atomic mass is 9.75. The number of halogens is 1. The molecular formula is C32H46FN5O3. The first-order valence-corrected chi connectivity index (χ1v) is 15.0. The molecule has 1 saturated carbocycles. The highest BCUT2D eigenvalue weighted by atomic mass is 19.1. The second-order valence-electron chi connectivity index (χ2n) is 13.0. The van der Waals surface area contributed by atoms with Gasteiger partial charge in [-0.05, 0) is 84.5 Å². The zero-order valence-corrected chi connectivity index (χ0v) is 25.3.